The number of hydrogen-bond acceptors (Lipinski definition) is 4. The minimum Gasteiger partial charge on any atom is -0.478 e. The Bertz CT molecular complexity index is 1240. The number of allylic oxidation sites excluding steroid dienone is 1. The number of hydrogen-bond donors (Lipinski definition) is 1. The number of carbonyl (C=O) groups is 2. The molecule has 6 nitrogen and oxygen atoms in total. The molecule has 9 heteroatoms. The van der Waals surface area contributed by atoms with Gasteiger partial charge in [-0.15, -0.1) is 0 Å². The number of aliphatic carboxylic acids is 1. The van der Waals surface area contributed by atoms with Gasteiger partial charge in [0.2, 0.25) is 5.78 Å². The first kappa shape index (κ1) is 25.7. The van der Waals surface area contributed by atoms with E-state index in [2.05, 4.69) is 4.98 Å². The molecule has 0 aliphatic heterocycles. The second kappa shape index (κ2) is 10.2. The third-order valence-electron chi connectivity index (χ3n) is 5.18. The van der Waals surface area contributed by atoms with Crippen molar-refractivity contribution in [3.63, 3.8) is 0 Å². The van der Waals surface area contributed by atoms with Crippen molar-refractivity contribution in [1.82, 2.24) is 9.55 Å². The normalized spacial score (nSPS) is 12.2. The second-order valence-electron chi connectivity index (χ2n) is 8.52. The number of benzene rings is 2. The Kier molecular flexibility index (Phi) is 7.48. The van der Waals surface area contributed by atoms with Crippen LogP contribution in [-0.4, -0.2) is 32.0 Å². The maximum absolute atomic E-state index is 13.3. The summed E-state index contributed by atoms with van der Waals surface area (Å²) in [5.41, 5.74) is -0.621. The van der Waals surface area contributed by atoms with Gasteiger partial charge in [-0.05, 0) is 44.9 Å². The largest absolute Gasteiger partial charge is 0.478 e. The van der Waals surface area contributed by atoms with E-state index in [-0.39, 0.29) is 17.9 Å². The first-order valence-corrected chi connectivity index (χ1v) is 10.8. The van der Waals surface area contributed by atoms with Crippen molar-refractivity contribution in [1.29, 1.82) is 0 Å². The van der Waals surface area contributed by atoms with Crippen LogP contribution < -0.4 is 4.74 Å². The van der Waals surface area contributed by atoms with Crippen LogP contribution in [0.1, 0.15) is 53.3 Å². The highest BCUT2D eigenvalue weighted by Crippen LogP contribution is 2.29. The fraction of sp³-hybridized carbons (Fsp3) is 0.269. The van der Waals surface area contributed by atoms with Crippen LogP contribution in [0.25, 0.3) is 6.08 Å². The summed E-state index contributed by atoms with van der Waals surface area (Å²) < 4.78 is 46.5. The van der Waals surface area contributed by atoms with Crippen LogP contribution >= 0.6 is 0 Å². The molecule has 0 saturated heterocycles. The molecule has 0 spiro atoms. The van der Waals surface area contributed by atoms with Gasteiger partial charge in [-0.2, -0.15) is 13.2 Å². The number of halogens is 3. The van der Waals surface area contributed by atoms with E-state index in [9.17, 15) is 27.9 Å². The summed E-state index contributed by atoms with van der Waals surface area (Å²) in [6, 6.07) is 13.3. The van der Waals surface area contributed by atoms with Gasteiger partial charge in [0.05, 0.1) is 0 Å². The highest BCUT2D eigenvalue weighted by Gasteiger charge is 2.36. The van der Waals surface area contributed by atoms with E-state index >= 15 is 0 Å². The highest BCUT2D eigenvalue weighted by molar-refractivity contribution is 6.06. The lowest BCUT2D eigenvalue weighted by Crippen LogP contribution is -2.37. The molecule has 3 rings (SSSR count). The van der Waals surface area contributed by atoms with Crippen molar-refractivity contribution in [2.45, 2.75) is 45.5 Å². The maximum atomic E-state index is 13.3. The molecule has 0 fully saturated rings. The molecule has 0 unspecified atom stereocenters. The minimum atomic E-state index is -4.67. The van der Waals surface area contributed by atoms with E-state index in [1.165, 1.54) is 18.4 Å². The summed E-state index contributed by atoms with van der Waals surface area (Å²) in [7, 11) is 0. The number of ketones is 1. The van der Waals surface area contributed by atoms with E-state index in [1.54, 1.807) is 60.7 Å². The maximum Gasteiger partial charge on any atom is 0.434 e. The number of aromatic nitrogens is 2. The highest BCUT2D eigenvalue weighted by atomic mass is 19.4. The molecule has 1 N–H and O–H groups in total. The summed E-state index contributed by atoms with van der Waals surface area (Å²) in [6.07, 6.45) is -0.0165. The molecule has 0 amide bonds. The average Bonchev–Trinajstić information content (AvgIpc) is 3.21. The smallest absolute Gasteiger partial charge is 0.434 e. The summed E-state index contributed by atoms with van der Waals surface area (Å²) >= 11 is 0. The lowest BCUT2D eigenvalue weighted by molar-refractivity contribution is -0.152. The van der Waals surface area contributed by atoms with Gasteiger partial charge < -0.3 is 14.4 Å². The van der Waals surface area contributed by atoms with Gasteiger partial charge in [0.1, 0.15) is 5.75 Å². The number of ether oxygens (including phenoxy) is 1. The number of rotatable bonds is 9. The quantitative estimate of drug-likeness (QED) is 0.388. The molecule has 0 aliphatic rings. The van der Waals surface area contributed by atoms with Gasteiger partial charge in [0, 0.05) is 18.3 Å². The molecule has 3 aromatic rings. The van der Waals surface area contributed by atoms with Gasteiger partial charge in [-0.3, -0.25) is 4.79 Å². The Morgan fingerprint density at radius 2 is 1.80 bits per heavy atom. The van der Waals surface area contributed by atoms with Crippen molar-refractivity contribution >= 4 is 17.8 Å². The Balaban J connectivity index is 1.75. The summed E-state index contributed by atoms with van der Waals surface area (Å²) in [5.74, 6) is -1.60. The molecule has 0 saturated carbocycles. The van der Waals surface area contributed by atoms with Gasteiger partial charge in [0.25, 0.3) is 0 Å². The average molecular weight is 486 g/mol. The van der Waals surface area contributed by atoms with Crippen LogP contribution in [0, 0.1) is 6.92 Å². The van der Waals surface area contributed by atoms with E-state index in [0.717, 1.165) is 17.3 Å². The topological polar surface area (TPSA) is 81.4 Å². The third-order valence-corrected chi connectivity index (χ3v) is 5.18. The summed E-state index contributed by atoms with van der Waals surface area (Å²) in [4.78, 5) is 27.7. The van der Waals surface area contributed by atoms with Crippen molar-refractivity contribution in [3.05, 3.63) is 89.0 Å². The van der Waals surface area contributed by atoms with Crippen LogP contribution in [0.2, 0.25) is 0 Å². The molecule has 35 heavy (non-hydrogen) atoms. The summed E-state index contributed by atoms with van der Waals surface area (Å²) in [5, 5.41) is 9.21. The van der Waals surface area contributed by atoms with Crippen LogP contribution in [0.3, 0.4) is 0 Å². The molecular formula is C26H25F3N2O4. The fourth-order valence-electron chi connectivity index (χ4n) is 3.19. The van der Waals surface area contributed by atoms with E-state index < -0.39 is 29.2 Å². The predicted molar refractivity (Wildman–Crippen MR) is 124 cm³/mol. The van der Waals surface area contributed by atoms with Gasteiger partial charge in [0.15, 0.2) is 17.1 Å². The molecular weight excluding hydrogens is 461 g/mol. The lowest BCUT2D eigenvalue weighted by Gasteiger charge is -2.21. The van der Waals surface area contributed by atoms with Crippen LogP contribution in [-0.2, 0) is 17.5 Å². The number of alkyl halides is 3. The van der Waals surface area contributed by atoms with Crippen LogP contribution in [0.4, 0.5) is 13.2 Å². The zero-order chi connectivity index (χ0) is 25.8. The predicted octanol–water partition coefficient (Wildman–Crippen LogP) is 5.79. The van der Waals surface area contributed by atoms with Crippen molar-refractivity contribution in [2.24, 2.45) is 0 Å². The Labute approximate surface area is 200 Å². The van der Waals surface area contributed by atoms with Gasteiger partial charge >= 0.3 is 12.1 Å². The zero-order valence-electron chi connectivity index (χ0n) is 19.5. The van der Waals surface area contributed by atoms with Crippen molar-refractivity contribution < 1.29 is 32.6 Å². The number of nitrogens with zero attached hydrogens (tertiary/aromatic N) is 2. The molecule has 1 heterocycles. The standard InChI is InChI=1S/C26H25F3N2O4/c1-17-10-12-19(13-11-17)22(32)23-30-21(26(27,28)29)16-31(23)14-5-4-7-18-8-6-9-20(15-18)35-25(2,3)24(33)34/h4,6-13,15-16H,5,14H2,1-3H3,(H,33,34)/b7-4+. The molecule has 2 aromatic carbocycles. The van der Waals surface area contributed by atoms with Gasteiger partial charge in [-0.25, -0.2) is 9.78 Å². The first-order valence-electron chi connectivity index (χ1n) is 10.8. The number of carboxylic acids is 1. The summed E-state index contributed by atoms with van der Waals surface area (Å²) in [6.45, 7) is 4.83. The third kappa shape index (κ3) is 6.59. The number of aryl methyl sites for hydroxylation is 2. The molecule has 0 atom stereocenters. The molecule has 184 valence electrons. The minimum absolute atomic E-state index is 0.106. The SMILES string of the molecule is Cc1ccc(C(=O)c2nc(C(F)(F)F)cn2CC/C=C/c2cccc(OC(C)(C)C(=O)O)c2)cc1. The van der Waals surface area contributed by atoms with Crippen LogP contribution in [0.5, 0.6) is 5.75 Å². The van der Waals surface area contributed by atoms with E-state index in [4.69, 9.17) is 4.74 Å². The van der Waals surface area contributed by atoms with Crippen molar-refractivity contribution in [3.8, 4) is 5.75 Å². The number of imidazole rings is 1. The number of carboxylic acid groups (broad SMARTS) is 1. The molecule has 0 bridgehead atoms. The van der Waals surface area contributed by atoms with E-state index in [1.807, 2.05) is 6.92 Å². The van der Waals surface area contributed by atoms with Crippen molar-refractivity contribution in [2.75, 3.05) is 0 Å². The van der Waals surface area contributed by atoms with Gasteiger partial charge in [-0.1, -0.05) is 54.1 Å². The van der Waals surface area contributed by atoms with Crippen LogP contribution in [0.15, 0.2) is 60.8 Å². The first-order chi connectivity index (χ1) is 16.4. The second-order valence-corrected chi connectivity index (χ2v) is 8.52. The zero-order valence-corrected chi connectivity index (χ0v) is 19.5. The molecule has 1 aromatic heterocycles. The Morgan fingerprint density at radius 1 is 1.11 bits per heavy atom. The lowest BCUT2D eigenvalue weighted by atomic mass is 10.1. The monoisotopic (exact) mass is 486 g/mol. The fourth-order valence-corrected chi connectivity index (χ4v) is 3.19. The Hall–Kier alpha value is -3.88. The van der Waals surface area contributed by atoms with E-state index in [0.29, 0.717) is 12.2 Å². The molecule has 0 aliphatic carbocycles. The number of carbonyl (C=O) groups excluding carboxylic acids is 1. The Morgan fingerprint density at radius 3 is 2.43 bits per heavy atom. The molecule has 0 radical (unpaired) electrons.